The van der Waals surface area contributed by atoms with Crippen LogP contribution in [0.5, 0.6) is 0 Å². The van der Waals surface area contributed by atoms with E-state index >= 15 is 0 Å². The van der Waals surface area contributed by atoms with Crippen molar-refractivity contribution in [2.45, 2.75) is 39.5 Å². The molecule has 0 saturated heterocycles. The van der Waals surface area contributed by atoms with Gasteiger partial charge < -0.3 is 10.6 Å². The fourth-order valence-electron chi connectivity index (χ4n) is 2.57. The van der Waals surface area contributed by atoms with Gasteiger partial charge in [-0.1, -0.05) is 37.3 Å². The molecular weight excluding hydrogens is 316 g/mol. The zero-order chi connectivity index (χ0) is 17.2. The largest absolute Gasteiger partial charge is 0.357 e. The number of hydrogen-bond donors (Lipinski definition) is 2. The molecule has 1 aromatic heterocycles. The van der Waals surface area contributed by atoms with Crippen LogP contribution in [0.2, 0.25) is 0 Å². The van der Waals surface area contributed by atoms with E-state index in [1.807, 2.05) is 6.92 Å². The summed E-state index contributed by atoms with van der Waals surface area (Å²) in [7, 11) is 0. The van der Waals surface area contributed by atoms with Crippen molar-refractivity contribution < 1.29 is 0 Å². The van der Waals surface area contributed by atoms with Gasteiger partial charge in [0.2, 0.25) is 0 Å². The van der Waals surface area contributed by atoms with Crippen molar-refractivity contribution in [2.75, 3.05) is 19.6 Å². The molecular formula is C19H28N4S. The van der Waals surface area contributed by atoms with E-state index < -0.39 is 0 Å². The molecule has 4 nitrogen and oxygen atoms in total. The van der Waals surface area contributed by atoms with E-state index in [0.717, 1.165) is 49.1 Å². The Labute approximate surface area is 149 Å². The zero-order valence-corrected chi connectivity index (χ0v) is 15.7. The minimum atomic E-state index is 0.461. The molecule has 0 aliphatic carbocycles. The molecule has 1 unspecified atom stereocenters. The predicted octanol–water partition coefficient (Wildman–Crippen LogP) is 3.74. The molecule has 130 valence electrons. The van der Waals surface area contributed by atoms with E-state index in [0.29, 0.717) is 5.92 Å². The molecule has 0 spiro atoms. The van der Waals surface area contributed by atoms with Crippen molar-refractivity contribution in [1.29, 1.82) is 0 Å². The molecule has 0 amide bonds. The molecule has 24 heavy (non-hydrogen) atoms. The Hall–Kier alpha value is -1.88. The Morgan fingerprint density at radius 2 is 2.00 bits per heavy atom. The summed E-state index contributed by atoms with van der Waals surface area (Å²) in [6, 6.07) is 10.6. The van der Waals surface area contributed by atoms with Gasteiger partial charge in [0.15, 0.2) is 5.96 Å². The number of rotatable bonds is 8. The third-order valence-electron chi connectivity index (χ3n) is 3.92. The number of nitrogens with zero attached hydrogens (tertiary/aromatic N) is 2. The van der Waals surface area contributed by atoms with Gasteiger partial charge in [0.25, 0.3) is 0 Å². The number of hydrogen-bond acceptors (Lipinski definition) is 3. The number of aryl methyl sites for hydroxylation is 1. The Morgan fingerprint density at radius 3 is 2.62 bits per heavy atom. The van der Waals surface area contributed by atoms with Crippen molar-refractivity contribution in [3.05, 3.63) is 52.0 Å². The van der Waals surface area contributed by atoms with Crippen LogP contribution < -0.4 is 10.6 Å². The summed E-state index contributed by atoms with van der Waals surface area (Å²) in [6.45, 7) is 8.86. The van der Waals surface area contributed by atoms with Crippen molar-refractivity contribution in [3.63, 3.8) is 0 Å². The second-order valence-corrected chi connectivity index (χ2v) is 6.83. The first-order valence-electron chi connectivity index (χ1n) is 8.71. The lowest BCUT2D eigenvalue weighted by Crippen LogP contribution is -2.38. The Balaban J connectivity index is 1.89. The van der Waals surface area contributed by atoms with Crippen molar-refractivity contribution >= 4 is 17.3 Å². The van der Waals surface area contributed by atoms with E-state index in [1.54, 1.807) is 11.3 Å². The maximum absolute atomic E-state index is 4.77. The second kappa shape index (κ2) is 10.1. The summed E-state index contributed by atoms with van der Waals surface area (Å²) in [5.41, 5.74) is 2.51. The van der Waals surface area contributed by atoms with E-state index in [1.165, 1.54) is 5.56 Å². The summed E-state index contributed by atoms with van der Waals surface area (Å²) in [6.07, 6.45) is 2.01. The molecule has 2 N–H and O–H groups in total. The average molecular weight is 345 g/mol. The van der Waals surface area contributed by atoms with E-state index in [2.05, 4.69) is 65.2 Å². The Kier molecular flexibility index (Phi) is 7.75. The lowest BCUT2D eigenvalue weighted by Gasteiger charge is -2.15. The smallest absolute Gasteiger partial charge is 0.191 e. The molecule has 5 heteroatoms. The van der Waals surface area contributed by atoms with Gasteiger partial charge in [0.05, 0.1) is 10.7 Å². The molecule has 0 saturated carbocycles. The quantitative estimate of drug-likeness (QED) is 0.566. The zero-order valence-electron chi connectivity index (χ0n) is 14.9. The number of nitrogens with one attached hydrogen (secondary N) is 2. The summed E-state index contributed by atoms with van der Waals surface area (Å²) >= 11 is 1.70. The molecule has 0 aliphatic heterocycles. The maximum atomic E-state index is 4.77. The molecule has 0 aliphatic rings. The highest BCUT2D eigenvalue weighted by molar-refractivity contribution is 7.09. The number of thiazole rings is 1. The minimum Gasteiger partial charge on any atom is -0.357 e. The molecule has 1 heterocycles. The summed E-state index contributed by atoms with van der Waals surface area (Å²) < 4.78 is 0. The van der Waals surface area contributed by atoms with Gasteiger partial charge in [-0.15, -0.1) is 11.3 Å². The van der Waals surface area contributed by atoms with E-state index in [9.17, 15) is 0 Å². The highest BCUT2D eigenvalue weighted by Gasteiger charge is 2.09. The summed E-state index contributed by atoms with van der Waals surface area (Å²) in [4.78, 5) is 9.27. The molecule has 2 rings (SSSR count). The van der Waals surface area contributed by atoms with Gasteiger partial charge in [0.1, 0.15) is 0 Å². The predicted molar refractivity (Wildman–Crippen MR) is 104 cm³/mol. The van der Waals surface area contributed by atoms with Crippen LogP contribution >= 0.6 is 11.3 Å². The third kappa shape index (κ3) is 5.96. The van der Waals surface area contributed by atoms with Crippen molar-refractivity contribution in [2.24, 2.45) is 4.99 Å². The fraction of sp³-hybridized carbons (Fsp3) is 0.474. The SMILES string of the molecule is CCNC(=NCC(CC)c1ccccc1)NCCc1csc(C)n1. The molecule has 0 bridgehead atoms. The highest BCUT2D eigenvalue weighted by Crippen LogP contribution is 2.19. The van der Waals surface area contributed by atoms with Crippen molar-refractivity contribution in [3.8, 4) is 0 Å². The first-order valence-corrected chi connectivity index (χ1v) is 9.59. The molecule has 0 radical (unpaired) electrons. The maximum Gasteiger partial charge on any atom is 0.191 e. The number of benzene rings is 1. The second-order valence-electron chi connectivity index (χ2n) is 5.77. The molecule has 0 fully saturated rings. The molecule has 1 atom stereocenters. The first-order chi connectivity index (χ1) is 11.7. The van der Waals surface area contributed by atoms with Gasteiger partial charge in [0, 0.05) is 37.4 Å². The minimum absolute atomic E-state index is 0.461. The van der Waals surface area contributed by atoms with Crippen LogP contribution in [-0.2, 0) is 6.42 Å². The number of aliphatic imine (C=N–C) groups is 1. The average Bonchev–Trinajstić information content (AvgIpc) is 3.01. The highest BCUT2D eigenvalue weighted by atomic mass is 32.1. The molecule has 1 aromatic carbocycles. The van der Waals surface area contributed by atoms with Crippen LogP contribution in [0.3, 0.4) is 0 Å². The van der Waals surface area contributed by atoms with Crippen LogP contribution in [0.15, 0.2) is 40.7 Å². The Bertz CT molecular complexity index is 621. The van der Waals surface area contributed by atoms with Gasteiger partial charge in [-0.25, -0.2) is 4.98 Å². The number of aromatic nitrogens is 1. The topological polar surface area (TPSA) is 49.3 Å². The van der Waals surface area contributed by atoms with Crippen LogP contribution in [-0.4, -0.2) is 30.6 Å². The van der Waals surface area contributed by atoms with E-state index in [4.69, 9.17) is 4.99 Å². The summed E-state index contributed by atoms with van der Waals surface area (Å²) in [5.74, 6) is 1.35. The van der Waals surface area contributed by atoms with Gasteiger partial charge in [-0.3, -0.25) is 4.99 Å². The van der Waals surface area contributed by atoms with Gasteiger partial charge in [-0.05, 0) is 25.8 Å². The number of guanidine groups is 1. The van der Waals surface area contributed by atoms with Crippen LogP contribution in [0.25, 0.3) is 0 Å². The monoisotopic (exact) mass is 344 g/mol. The van der Waals surface area contributed by atoms with Crippen LogP contribution in [0.4, 0.5) is 0 Å². The van der Waals surface area contributed by atoms with Crippen LogP contribution in [0.1, 0.15) is 42.5 Å². The lowest BCUT2D eigenvalue weighted by molar-refractivity contribution is 0.667. The first kappa shape index (κ1) is 18.5. The van der Waals surface area contributed by atoms with Crippen molar-refractivity contribution in [1.82, 2.24) is 15.6 Å². The third-order valence-corrected chi connectivity index (χ3v) is 4.74. The molecule has 2 aromatic rings. The lowest BCUT2D eigenvalue weighted by atomic mass is 9.97. The summed E-state index contributed by atoms with van der Waals surface area (Å²) in [5, 5.41) is 9.99. The Morgan fingerprint density at radius 1 is 1.21 bits per heavy atom. The standard InChI is InChI=1S/C19H28N4S/c1-4-16(17-9-7-6-8-10-17)13-22-19(20-5-2)21-12-11-18-14-24-15(3)23-18/h6-10,14,16H,4-5,11-13H2,1-3H3,(H2,20,21,22). The van der Waals surface area contributed by atoms with Gasteiger partial charge >= 0.3 is 0 Å². The van der Waals surface area contributed by atoms with E-state index in [-0.39, 0.29) is 0 Å². The normalized spacial score (nSPS) is 12.9. The fourth-order valence-corrected chi connectivity index (χ4v) is 3.22. The van der Waals surface area contributed by atoms with Crippen LogP contribution in [0, 0.1) is 6.92 Å². The van der Waals surface area contributed by atoms with Gasteiger partial charge in [-0.2, -0.15) is 0 Å².